The van der Waals surface area contributed by atoms with Crippen LogP contribution in [-0.4, -0.2) is 20.7 Å². The number of carbonyl (C=O) groups excluding carboxylic acids is 1. The number of hydrogen-bond donors (Lipinski definition) is 1. The Morgan fingerprint density at radius 1 is 1.12 bits per heavy atom. The van der Waals surface area contributed by atoms with Crippen LogP contribution in [0.15, 0.2) is 72.1 Å². The van der Waals surface area contributed by atoms with Crippen LogP contribution < -0.4 is 10.1 Å². The zero-order chi connectivity index (χ0) is 17.6. The highest BCUT2D eigenvalue weighted by atomic mass is 32.2. The van der Waals surface area contributed by atoms with Crippen molar-refractivity contribution in [2.75, 3.05) is 5.32 Å². The topological polar surface area (TPSA) is 56.2 Å². The Balaban J connectivity index is 1.57. The summed E-state index contributed by atoms with van der Waals surface area (Å²) in [6.45, 7) is 1.86. The van der Waals surface area contributed by atoms with E-state index in [1.54, 1.807) is 6.20 Å². The summed E-state index contributed by atoms with van der Waals surface area (Å²) in [7, 11) is 1.91. The average molecular weight is 353 g/mol. The number of aromatic nitrogens is 2. The molecule has 0 saturated carbocycles. The van der Waals surface area contributed by atoms with Crippen LogP contribution in [0.5, 0.6) is 11.5 Å². The number of benzene rings is 2. The standard InChI is InChI=1S/C19H19N3O2S/c1-14(25-19-20-12-13-22(19)2)18(23)21-15-8-10-17(11-9-15)24-16-6-4-3-5-7-16/h3-14H,1-2H3,(H,21,23). The first-order valence-corrected chi connectivity index (χ1v) is 8.77. The zero-order valence-electron chi connectivity index (χ0n) is 14.0. The third-order valence-corrected chi connectivity index (χ3v) is 4.70. The van der Waals surface area contributed by atoms with Gasteiger partial charge in [-0.1, -0.05) is 30.0 Å². The van der Waals surface area contributed by atoms with E-state index >= 15 is 0 Å². The van der Waals surface area contributed by atoms with E-state index in [0.29, 0.717) is 0 Å². The average Bonchev–Trinajstić information content (AvgIpc) is 3.02. The summed E-state index contributed by atoms with van der Waals surface area (Å²) in [5.74, 6) is 1.43. The predicted octanol–water partition coefficient (Wildman–Crippen LogP) is 4.33. The molecule has 0 fully saturated rings. The molecule has 0 aliphatic rings. The van der Waals surface area contributed by atoms with Crippen LogP contribution in [0.1, 0.15) is 6.92 Å². The minimum absolute atomic E-state index is 0.0651. The third-order valence-electron chi connectivity index (χ3n) is 3.53. The van der Waals surface area contributed by atoms with Crippen LogP contribution in [0.4, 0.5) is 5.69 Å². The fourth-order valence-corrected chi connectivity index (χ4v) is 2.98. The molecule has 0 radical (unpaired) electrons. The molecule has 1 heterocycles. The second-order valence-electron chi connectivity index (χ2n) is 5.51. The fourth-order valence-electron chi connectivity index (χ4n) is 2.15. The highest BCUT2D eigenvalue weighted by Gasteiger charge is 2.16. The Kier molecular flexibility index (Phi) is 5.40. The predicted molar refractivity (Wildman–Crippen MR) is 100 cm³/mol. The van der Waals surface area contributed by atoms with Crippen molar-refractivity contribution in [2.24, 2.45) is 7.05 Å². The van der Waals surface area contributed by atoms with Gasteiger partial charge >= 0.3 is 0 Å². The van der Waals surface area contributed by atoms with Gasteiger partial charge in [0.1, 0.15) is 11.5 Å². The molecule has 1 unspecified atom stereocenters. The largest absolute Gasteiger partial charge is 0.457 e. The number of para-hydroxylation sites is 1. The van der Waals surface area contributed by atoms with Gasteiger partial charge in [-0.2, -0.15) is 0 Å². The van der Waals surface area contributed by atoms with Crippen molar-refractivity contribution in [3.63, 3.8) is 0 Å². The molecular weight excluding hydrogens is 334 g/mol. The molecule has 1 N–H and O–H groups in total. The van der Waals surface area contributed by atoms with Gasteiger partial charge in [0.2, 0.25) is 5.91 Å². The number of anilines is 1. The van der Waals surface area contributed by atoms with Crippen molar-refractivity contribution in [3.8, 4) is 11.5 Å². The van der Waals surface area contributed by atoms with Crippen LogP contribution in [-0.2, 0) is 11.8 Å². The quantitative estimate of drug-likeness (QED) is 0.670. The summed E-state index contributed by atoms with van der Waals surface area (Å²) in [5, 5.41) is 3.48. The van der Waals surface area contributed by atoms with Gasteiger partial charge in [-0.15, -0.1) is 0 Å². The molecule has 3 rings (SSSR count). The summed E-state index contributed by atoms with van der Waals surface area (Å²) in [5.41, 5.74) is 0.734. The van der Waals surface area contributed by atoms with Gasteiger partial charge in [0.15, 0.2) is 5.16 Å². The lowest BCUT2D eigenvalue weighted by molar-refractivity contribution is -0.115. The van der Waals surface area contributed by atoms with E-state index in [1.165, 1.54) is 11.8 Å². The van der Waals surface area contributed by atoms with Crippen molar-refractivity contribution in [3.05, 3.63) is 67.0 Å². The number of hydrogen-bond acceptors (Lipinski definition) is 4. The minimum atomic E-state index is -0.249. The van der Waals surface area contributed by atoms with Crippen molar-refractivity contribution in [1.82, 2.24) is 9.55 Å². The Labute approximate surface area is 151 Å². The Bertz CT molecular complexity index is 831. The molecule has 128 valence electrons. The van der Waals surface area contributed by atoms with Crippen LogP contribution in [0.25, 0.3) is 0 Å². The summed E-state index contributed by atoms with van der Waals surface area (Å²) >= 11 is 1.42. The van der Waals surface area contributed by atoms with Crippen LogP contribution in [0.3, 0.4) is 0 Å². The molecule has 1 aromatic heterocycles. The minimum Gasteiger partial charge on any atom is -0.457 e. The molecule has 2 aromatic carbocycles. The number of thioether (sulfide) groups is 1. The smallest absolute Gasteiger partial charge is 0.237 e. The van der Waals surface area contributed by atoms with Gasteiger partial charge in [0, 0.05) is 25.1 Å². The molecule has 0 spiro atoms. The Morgan fingerprint density at radius 3 is 2.44 bits per heavy atom. The van der Waals surface area contributed by atoms with Crippen LogP contribution >= 0.6 is 11.8 Å². The molecule has 6 heteroatoms. The van der Waals surface area contributed by atoms with Crippen molar-refractivity contribution < 1.29 is 9.53 Å². The maximum Gasteiger partial charge on any atom is 0.237 e. The maximum atomic E-state index is 12.3. The molecular formula is C19H19N3O2S. The number of carbonyl (C=O) groups is 1. The van der Waals surface area contributed by atoms with E-state index in [0.717, 1.165) is 22.3 Å². The normalized spacial score (nSPS) is 11.8. The summed E-state index contributed by atoms with van der Waals surface area (Å²) in [4.78, 5) is 16.6. The van der Waals surface area contributed by atoms with E-state index in [4.69, 9.17) is 4.74 Å². The number of aryl methyl sites for hydroxylation is 1. The molecule has 5 nitrogen and oxygen atoms in total. The molecule has 1 atom stereocenters. The monoisotopic (exact) mass is 353 g/mol. The zero-order valence-corrected chi connectivity index (χ0v) is 14.9. The summed E-state index contributed by atoms with van der Waals surface area (Å²) in [6, 6.07) is 16.9. The van der Waals surface area contributed by atoms with Crippen molar-refractivity contribution in [2.45, 2.75) is 17.3 Å². The molecule has 25 heavy (non-hydrogen) atoms. The van der Waals surface area contributed by atoms with Gasteiger partial charge in [0.25, 0.3) is 0 Å². The number of imidazole rings is 1. The number of amides is 1. The first-order valence-electron chi connectivity index (χ1n) is 7.89. The fraction of sp³-hybridized carbons (Fsp3) is 0.158. The van der Waals surface area contributed by atoms with Gasteiger partial charge < -0.3 is 14.6 Å². The van der Waals surface area contributed by atoms with E-state index in [-0.39, 0.29) is 11.2 Å². The second-order valence-corrected chi connectivity index (χ2v) is 6.82. The second kappa shape index (κ2) is 7.90. The molecule has 0 bridgehead atoms. The van der Waals surface area contributed by atoms with Crippen molar-refractivity contribution >= 4 is 23.4 Å². The third kappa shape index (κ3) is 4.64. The molecule has 3 aromatic rings. The summed E-state index contributed by atoms with van der Waals surface area (Å²) in [6.07, 6.45) is 3.58. The lowest BCUT2D eigenvalue weighted by Gasteiger charge is -2.12. The molecule has 0 aliphatic carbocycles. The molecule has 0 aliphatic heterocycles. The van der Waals surface area contributed by atoms with Gasteiger partial charge in [0.05, 0.1) is 5.25 Å². The SMILES string of the molecule is CC(Sc1nccn1C)C(=O)Nc1ccc(Oc2ccccc2)cc1. The van der Waals surface area contributed by atoms with Gasteiger partial charge in [-0.05, 0) is 43.3 Å². The highest BCUT2D eigenvalue weighted by Crippen LogP contribution is 2.24. The summed E-state index contributed by atoms with van der Waals surface area (Å²) < 4.78 is 7.63. The van der Waals surface area contributed by atoms with E-state index in [1.807, 2.05) is 79.3 Å². The first-order chi connectivity index (χ1) is 12.1. The Morgan fingerprint density at radius 2 is 1.80 bits per heavy atom. The van der Waals surface area contributed by atoms with Gasteiger partial charge in [-0.25, -0.2) is 4.98 Å². The lowest BCUT2D eigenvalue weighted by Crippen LogP contribution is -2.22. The first kappa shape index (κ1) is 17.1. The number of nitrogens with one attached hydrogen (secondary N) is 1. The number of nitrogens with zero attached hydrogens (tertiary/aromatic N) is 2. The van der Waals surface area contributed by atoms with E-state index in [2.05, 4.69) is 10.3 Å². The van der Waals surface area contributed by atoms with Crippen LogP contribution in [0, 0.1) is 0 Å². The van der Waals surface area contributed by atoms with E-state index < -0.39 is 0 Å². The van der Waals surface area contributed by atoms with Crippen molar-refractivity contribution in [1.29, 1.82) is 0 Å². The molecule has 0 saturated heterocycles. The highest BCUT2D eigenvalue weighted by molar-refractivity contribution is 8.00. The lowest BCUT2D eigenvalue weighted by atomic mass is 10.3. The van der Waals surface area contributed by atoms with Crippen LogP contribution in [0.2, 0.25) is 0 Å². The number of ether oxygens (including phenoxy) is 1. The maximum absolute atomic E-state index is 12.3. The number of rotatable bonds is 6. The van der Waals surface area contributed by atoms with Gasteiger partial charge in [-0.3, -0.25) is 4.79 Å². The van der Waals surface area contributed by atoms with E-state index in [9.17, 15) is 4.79 Å². The Hall–Kier alpha value is -2.73. The molecule has 1 amide bonds.